The van der Waals surface area contributed by atoms with Gasteiger partial charge in [-0.05, 0) is 37.6 Å². The lowest BCUT2D eigenvalue weighted by atomic mass is 10.0. The Hall–Kier alpha value is -0.680. The molecule has 1 aliphatic rings. The summed E-state index contributed by atoms with van der Waals surface area (Å²) < 4.78 is 19.2. The predicted molar refractivity (Wildman–Crippen MR) is 74.8 cm³/mol. The monoisotopic (exact) mass is 286 g/mol. The molecule has 1 fully saturated rings. The lowest BCUT2D eigenvalue weighted by Gasteiger charge is -2.40. The normalized spacial score (nSPS) is 26.4. The fourth-order valence-corrected chi connectivity index (χ4v) is 2.97. The minimum absolute atomic E-state index is 0.0259. The van der Waals surface area contributed by atoms with Crippen LogP contribution in [0.1, 0.15) is 25.5 Å². The molecule has 0 spiro atoms. The van der Waals surface area contributed by atoms with Crippen LogP contribution in [0.5, 0.6) is 0 Å². The van der Waals surface area contributed by atoms with Gasteiger partial charge in [-0.3, -0.25) is 4.90 Å². The van der Waals surface area contributed by atoms with E-state index in [-0.39, 0.29) is 24.1 Å². The van der Waals surface area contributed by atoms with Crippen LogP contribution in [0.25, 0.3) is 0 Å². The van der Waals surface area contributed by atoms with Gasteiger partial charge < -0.3 is 10.5 Å². The summed E-state index contributed by atoms with van der Waals surface area (Å²) in [5, 5.41) is 0.405. The SMILES string of the molecule is C[C@@H]1CN(C(CN)c2cc(F)cc(Cl)c2)C[C@H](C)O1. The average molecular weight is 287 g/mol. The molecule has 2 rings (SSSR count). The van der Waals surface area contributed by atoms with Crippen molar-refractivity contribution in [1.29, 1.82) is 0 Å². The van der Waals surface area contributed by atoms with E-state index >= 15 is 0 Å². The topological polar surface area (TPSA) is 38.5 Å². The number of rotatable bonds is 3. The number of ether oxygens (including phenoxy) is 1. The zero-order valence-corrected chi connectivity index (χ0v) is 12.0. The van der Waals surface area contributed by atoms with Gasteiger partial charge in [0.25, 0.3) is 0 Å². The summed E-state index contributed by atoms with van der Waals surface area (Å²) in [7, 11) is 0. The summed E-state index contributed by atoms with van der Waals surface area (Å²) >= 11 is 5.92. The zero-order valence-electron chi connectivity index (χ0n) is 11.3. The lowest BCUT2D eigenvalue weighted by Crippen LogP contribution is -2.48. The highest BCUT2D eigenvalue weighted by Crippen LogP contribution is 2.27. The summed E-state index contributed by atoms with van der Waals surface area (Å²) in [6.07, 6.45) is 0.309. The van der Waals surface area contributed by atoms with Crippen LogP contribution < -0.4 is 5.73 Å². The molecular formula is C14H20ClFN2O. The van der Waals surface area contributed by atoms with Crippen LogP contribution in [0.2, 0.25) is 5.02 Å². The summed E-state index contributed by atoms with van der Waals surface area (Å²) in [5.74, 6) is -0.324. The molecule has 1 aromatic rings. The van der Waals surface area contributed by atoms with Gasteiger partial charge in [-0.1, -0.05) is 11.6 Å². The van der Waals surface area contributed by atoms with Gasteiger partial charge in [-0.2, -0.15) is 0 Å². The maximum absolute atomic E-state index is 13.5. The summed E-state index contributed by atoms with van der Waals surface area (Å²) in [4.78, 5) is 2.24. The Morgan fingerprint density at radius 3 is 2.53 bits per heavy atom. The fourth-order valence-electron chi connectivity index (χ4n) is 2.74. The second-order valence-electron chi connectivity index (χ2n) is 5.17. The molecule has 1 unspecified atom stereocenters. The van der Waals surface area contributed by atoms with E-state index in [2.05, 4.69) is 4.90 Å². The molecule has 1 aliphatic heterocycles. The van der Waals surface area contributed by atoms with Crippen molar-refractivity contribution in [3.63, 3.8) is 0 Å². The van der Waals surface area contributed by atoms with Gasteiger partial charge >= 0.3 is 0 Å². The first-order valence-corrected chi connectivity index (χ1v) is 6.93. The molecule has 3 atom stereocenters. The number of hydrogen-bond acceptors (Lipinski definition) is 3. The van der Waals surface area contributed by atoms with Crippen LogP contribution in [-0.4, -0.2) is 36.7 Å². The standard InChI is InChI=1S/C14H20ClFN2O/c1-9-7-18(8-10(2)19-9)14(6-17)11-3-12(15)5-13(16)4-11/h3-5,9-10,14H,6-8,17H2,1-2H3/t9-,10+,14?. The third kappa shape index (κ3) is 3.66. The van der Waals surface area contributed by atoms with Gasteiger partial charge in [-0.15, -0.1) is 0 Å². The van der Waals surface area contributed by atoms with E-state index in [9.17, 15) is 4.39 Å². The molecule has 0 aromatic heterocycles. The zero-order chi connectivity index (χ0) is 14.0. The molecule has 1 saturated heterocycles. The fraction of sp³-hybridized carbons (Fsp3) is 0.571. The Balaban J connectivity index is 2.23. The first kappa shape index (κ1) is 14.7. The molecule has 0 radical (unpaired) electrons. The lowest BCUT2D eigenvalue weighted by molar-refractivity contribution is -0.0799. The van der Waals surface area contributed by atoms with Gasteiger partial charge in [0, 0.05) is 30.7 Å². The molecule has 0 aliphatic carbocycles. The molecule has 19 heavy (non-hydrogen) atoms. The minimum Gasteiger partial charge on any atom is -0.373 e. The summed E-state index contributed by atoms with van der Waals surface area (Å²) in [6.45, 7) is 6.09. The highest BCUT2D eigenvalue weighted by atomic mass is 35.5. The van der Waals surface area contributed by atoms with Crippen molar-refractivity contribution in [2.75, 3.05) is 19.6 Å². The molecule has 0 saturated carbocycles. The molecule has 5 heteroatoms. The van der Waals surface area contributed by atoms with Gasteiger partial charge in [0.15, 0.2) is 0 Å². The largest absolute Gasteiger partial charge is 0.373 e. The number of benzene rings is 1. The van der Waals surface area contributed by atoms with Crippen LogP contribution in [0.15, 0.2) is 18.2 Å². The Kier molecular flexibility index (Phi) is 4.79. The highest BCUT2D eigenvalue weighted by molar-refractivity contribution is 6.30. The predicted octanol–water partition coefficient (Wildman–Crippen LogP) is 2.59. The van der Waals surface area contributed by atoms with E-state index in [1.807, 2.05) is 13.8 Å². The molecule has 0 amide bonds. The van der Waals surface area contributed by atoms with Crippen molar-refractivity contribution in [2.24, 2.45) is 5.73 Å². The molecule has 1 heterocycles. The average Bonchev–Trinajstić information content (AvgIpc) is 2.27. The molecule has 3 nitrogen and oxygen atoms in total. The van der Waals surface area contributed by atoms with Crippen molar-refractivity contribution >= 4 is 11.6 Å². The third-order valence-corrected chi connectivity index (χ3v) is 3.60. The van der Waals surface area contributed by atoms with Crippen LogP contribution >= 0.6 is 11.6 Å². The number of nitrogens with zero attached hydrogens (tertiary/aromatic N) is 1. The van der Waals surface area contributed by atoms with Crippen molar-refractivity contribution < 1.29 is 9.13 Å². The molecule has 0 bridgehead atoms. The first-order chi connectivity index (χ1) is 8.99. The quantitative estimate of drug-likeness (QED) is 0.928. The molecule has 1 aromatic carbocycles. The number of halogens is 2. The van der Waals surface area contributed by atoms with Crippen LogP contribution in [0.3, 0.4) is 0 Å². The van der Waals surface area contributed by atoms with Gasteiger partial charge in [0.2, 0.25) is 0 Å². The maximum atomic E-state index is 13.5. The highest BCUT2D eigenvalue weighted by Gasteiger charge is 2.28. The van der Waals surface area contributed by atoms with E-state index in [0.717, 1.165) is 18.7 Å². The van der Waals surface area contributed by atoms with Gasteiger partial charge in [0.05, 0.1) is 12.2 Å². The van der Waals surface area contributed by atoms with E-state index in [0.29, 0.717) is 11.6 Å². The van der Waals surface area contributed by atoms with Gasteiger partial charge in [-0.25, -0.2) is 4.39 Å². The first-order valence-electron chi connectivity index (χ1n) is 6.55. The number of nitrogens with two attached hydrogens (primary N) is 1. The van der Waals surface area contributed by atoms with E-state index in [1.165, 1.54) is 12.1 Å². The summed E-state index contributed by atoms with van der Waals surface area (Å²) in [5.41, 5.74) is 6.71. The minimum atomic E-state index is -0.324. The molecule has 2 N–H and O–H groups in total. The van der Waals surface area contributed by atoms with Crippen LogP contribution in [0, 0.1) is 5.82 Å². The Morgan fingerprint density at radius 2 is 2.00 bits per heavy atom. The maximum Gasteiger partial charge on any atom is 0.125 e. The summed E-state index contributed by atoms with van der Waals surface area (Å²) in [6, 6.07) is 4.58. The second kappa shape index (κ2) is 6.18. The van der Waals surface area contributed by atoms with Crippen molar-refractivity contribution in [1.82, 2.24) is 4.90 Å². The van der Waals surface area contributed by atoms with E-state index in [1.54, 1.807) is 6.07 Å². The van der Waals surface area contributed by atoms with Crippen LogP contribution in [0.4, 0.5) is 4.39 Å². The Labute approximate surface area is 118 Å². The second-order valence-corrected chi connectivity index (χ2v) is 5.60. The van der Waals surface area contributed by atoms with Gasteiger partial charge in [0.1, 0.15) is 5.82 Å². The number of morpholine rings is 1. The molecule has 106 valence electrons. The molecular weight excluding hydrogens is 267 g/mol. The van der Waals surface area contributed by atoms with E-state index < -0.39 is 0 Å². The van der Waals surface area contributed by atoms with Crippen molar-refractivity contribution in [3.8, 4) is 0 Å². The third-order valence-electron chi connectivity index (χ3n) is 3.38. The Morgan fingerprint density at radius 1 is 1.37 bits per heavy atom. The van der Waals surface area contributed by atoms with E-state index in [4.69, 9.17) is 22.1 Å². The van der Waals surface area contributed by atoms with Crippen molar-refractivity contribution in [2.45, 2.75) is 32.1 Å². The van der Waals surface area contributed by atoms with Crippen LogP contribution in [-0.2, 0) is 4.74 Å². The van der Waals surface area contributed by atoms with Crippen molar-refractivity contribution in [3.05, 3.63) is 34.6 Å². The number of hydrogen-bond donors (Lipinski definition) is 1. The smallest absolute Gasteiger partial charge is 0.125 e. The Bertz CT molecular complexity index is 413.